The number of urea groups is 1. The summed E-state index contributed by atoms with van der Waals surface area (Å²) >= 11 is 0. The monoisotopic (exact) mass is 405 g/mol. The van der Waals surface area contributed by atoms with E-state index in [1.807, 2.05) is 45.0 Å². The second kappa shape index (κ2) is 13.8. The third-order valence-corrected chi connectivity index (χ3v) is 4.30. The Hall–Kier alpha value is -2.28. The molecule has 0 radical (unpaired) electrons. The minimum atomic E-state index is -0.205. The second-order valence-corrected chi connectivity index (χ2v) is 8.03. The van der Waals surface area contributed by atoms with E-state index in [1.54, 1.807) is 0 Å². The van der Waals surface area contributed by atoms with Gasteiger partial charge in [-0.2, -0.15) is 0 Å². The van der Waals surface area contributed by atoms with Gasteiger partial charge in [-0.05, 0) is 63.1 Å². The van der Waals surface area contributed by atoms with E-state index in [9.17, 15) is 9.90 Å². The van der Waals surface area contributed by atoms with Gasteiger partial charge in [0.2, 0.25) is 0 Å². The van der Waals surface area contributed by atoms with E-state index < -0.39 is 0 Å². The van der Waals surface area contributed by atoms with Gasteiger partial charge >= 0.3 is 6.03 Å². The van der Waals surface area contributed by atoms with Gasteiger partial charge in [-0.25, -0.2) is 9.79 Å². The molecule has 164 valence electrons. The Balaban J connectivity index is 2.62. The lowest BCUT2D eigenvalue weighted by atomic mass is 9.94. The molecule has 7 heteroatoms. The molecule has 7 nitrogen and oxygen atoms in total. The lowest BCUT2D eigenvalue weighted by Crippen LogP contribution is -2.40. The van der Waals surface area contributed by atoms with Crippen molar-refractivity contribution in [3.05, 3.63) is 29.8 Å². The maximum absolute atomic E-state index is 11.8. The van der Waals surface area contributed by atoms with Gasteiger partial charge in [0.05, 0.1) is 6.54 Å². The fourth-order valence-electron chi connectivity index (χ4n) is 3.03. The topological polar surface area (TPSA) is 97.8 Å². The molecule has 2 amide bonds. The highest BCUT2D eigenvalue weighted by atomic mass is 16.3. The molecule has 0 aromatic heterocycles. The van der Waals surface area contributed by atoms with Gasteiger partial charge in [0, 0.05) is 31.4 Å². The molecule has 1 aromatic carbocycles. The fraction of sp³-hybridized carbons (Fsp3) is 0.636. The quantitative estimate of drug-likeness (QED) is 0.288. The predicted molar refractivity (Wildman–Crippen MR) is 121 cm³/mol. The van der Waals surface area contributed by atoms with Crippen LogP contribution < -0.4 is 21.3 Å². The summed E-state index contributed by atoms with van der Waals surface area (Å²) in [4.78, 5) is 16.4. The van der Waals surface area contributed by atoms with Crippen molar-refractivity contribution in [1.29, 1.82) is 0 Å². The summed E-state index contributed by atoms with van der Waals surface area (Å²) in [5.41, 5.74) is 1.81. The van der Waals surface area contributed by atoms with E-state index >= 15 is 0 Å². The number of hydrogen-bond acceptors (Lipinski definition) is 3. The highest BCUT2D eigenvalue weighted by Gasteiger charge is 2.11. The molecule has 1 rings (SSSR count). The Morgan fingerprint density at radius 3 is 2.34 bits per heavy atom. The van der Waals surface area contributed by atoms with Crippen LogP contribution in [0.15, 0.2) is 29.3 Å². The first kappa shape index (κ1) is 24.8. The molecular weight excluding hydrogens is 366 g/mol. The fourth-order valence-corrected chi connectivity index (χ4v) is 3.03. The van der Waals surface area contributed by atoms with Crippen LogP contribution in [0.5, 0.6) is 0 Å². The number of nitrogens with one attached hydrogen (secondary N) is 4. The highest BCUT2D eigenvalue weighted by molar-refractivity contribution is 5.89. The zero-order chi connectivity index (χ0) is 21.6. The van der Waals surface area contributed by atoms with E-state index in [-0.39, 0.29) is 18.7 Å². The van der Waals surface area contributed by atoms with Gasteiger partial charge in [0.25, 0.3) is 0 Å². The van der Waals surface area contributed by atoms with E-state index in [2.05, 4.69) is 40.1 Å². The Morgan fingerprint density at radius 2 is 1.79 bits per heavy atom. The summed E-state index contributed by atoms with van der Waals surface area (Å²) in [6.07, 6.45) is 1.87. The van der Waals surface area contributed by atoms with Crippen molar-refractivity contribution in [2.75, 3.05) is 25.0 Å². The van der Waals surface area contributed by atoms with E-state index in [0.717, 1.165) is 43.1 Å². The summed E-state index contributed by atoms with van der Waals surface area (Å²) in [5, 5.41) is 21.6. The third kappa shape index (κ3) is 11.3. The number of hydrogen-bond donors (Lipinski definition) is 5. The van der Waals surface area contributed by atoms with Gasteiger partial charge in [-0.15, -0.1) is 0 Å². The molecule has 0 aliphatic rings. The molecule has 1 aromatic rings. The molecule has 0 spiro atoms. The molecule has 0 fully saturated rings. The molecule has 0 saturated heterocycles. The maximum atomic E-state index is 11.8. The van der Waals surface area contributed by atoms with Gasteiger partial charge in [0.1, 0.15) is 0 Å². The van der Waals surface area contributed by atoms with E-state index in [4.69, 9.17) is 0 Å². The first-order valence-electron chi connectivity index (χ1n) is 10.6. The van der Waals surface area contributed by atoms with Crippen molar-refractivity contribution >= 4 is 17.7 Å². The standard InChI is InChI=1S/C22H39N5O2/c1-6-23-21(25-15-19(11-12-28)13-16(2)3)24-14-18-7-9-20(10-8-18)27-22(29)26-17(4)5/h7-10,16-17,19,28H,6,11-15H2,1-5H3,(H2,23,24,25)(H2,26,27,29). The minimum Gasteiger partial charge on any atom is -0.396 e. The number of aliphatic hydroxyl groups is 1. The van der Waals surface area contributed by atoms with Crippen molar-refractivity contribution in [2.45, 2.75) is 60.0 Å². The maximum Gasteiger partial charge on any atom is 0.319 e. The van der Waals surface area contributed by atoms with Gasteiger partial charge in [-0.1, -0.05) is 26.0 Å². The molecule has 1 unspecified atom stereocenters. The van der Waals surface area contributed by atoms with Crippen LogP contribution in [0.3, 0.4) is 0 Å². The SMILES string of the molecule is CCNC(=NCc1ccc(NC(=O)NC(C)C)cc1)NCC(CCO)CC(C)C. The van der Waals surface area contributed by atoms with Crippen molar-refractivity contribution < 1.29 is 9.90 Å². The minimum absolute atomic E-state index is 0.0955. The summed E-state index contributed by atoms with van der Waals surface area (Å²) in [6.45, 7) is 12.6. The molecule has 0 aliphatic carbocycles. The number of benzene rings is 1. The zero-order valence-electron chi connectivity index (χ0n) is 18.6. The van der Waals surface area contributed by atoms with Crippen LogP contribution in [0.4, 0.5) is 10.5 Å². The van der Waals surface area contributed by atoms with Crippen molar-refractivity contribution in [2.24, 2.45) is 16.8 Å². The number of carbonyl (C=O) groups excluding carboxylic acids is 1. The number of aliphatic hydroxyl groups excluding tert-OH is 1. The Morgan fingerprint density at radius 1 is 1.10 bits per heavy atom. The zero-order valence-corrected chi connectivity index (χ0v) is 18.6. The average molecular weight is 406 g/mol. The molecule has 0 saturated carbocycles. The number of aliphatic imine (C=N–C) groups is 1. The van der Waals surface area contributed by atoms with Crippen LogP contribution in [0, 0.1) is 11.8 Å². The van der Waals surface area contributed by atoms with E-state index in [0.29, 0.717) is 18.4 Å². The Bertz CT molecular complexity index is 614. The first-order chi connectivity index (χ1) is 13.8. The largest absolute Gasteiger partial charge is 0.396 e. The molecule has 0 bridgehead atoms. The molecular formula is C22H39N5O2. The summed E-state index contributed by atoms with van der Waals surface area (Å²) < 4.78 is 0. The van der Waals surface area contributed by atoms with Crippen LogP contribution in [-0.4, -0.2) is 42.8 Å². The molecule has 1 atom stereocenters. The van der Waals surface area contributed by atoms with Crippen LogP contribution in [0.2, 0.25) is 0 Å². The number of rotatable bonds is 11. The van der Waals surface area contributed by atoms with E-state index in [1.165, 1.54) is 0 Å². The highest BCUT2D eigenvalue weighted by Crippen LogP contribution is 2.14. The number of carbonyl (C=O) groups is 1. The lowest BCUT2D eigenvalue weighted by molar-refractivity contribution is 0.242. The van der Waals surface area contributed by atoms with Crippen LogP contribution in [0.25, 0.3) is 0 Å². The molecule has 0 heterocycles. The number of anilines is 1. The average Bonchev–Trinajstić information content (AvgIpc) is 2.64. The van der Waals surface area contributed by atoms with Crippen molar-refractivity contribution in [3.63, 3.8) is 0 Å². The molecule has 0 aliphatic heterocycles. The Labute approximate surface area is 175 Å². The second-order valence-electron chi connectivity index (χ2n) is 8.03. The number of guanidine groups is 1. The van der Waals surface area contributed by atoms with Crippen LogP contribution in [-0.2, 0) is 6.54 Å². The molecule has 5 N–H and O–H groups in total. The van der Waals surface area contributed by atoms with Crippen molar-refractivity contribution in [1.82, 2.24) is 16.0 Å². The molecule has 29 heavy (non-hydrogen) atoms. The summed E-state index contributed by atoms with van der Waals surface area (Å²) in [6, 6.07) is 7.58. The van der Waals surface area contributed by atoms with Crippen LogP contribution in [0.1, 0.15) is 53.0 Å². The third-order valence-electron chi connectivity index (χ3n) is 4.30. The number of nitrogens with zero attached hydrogens (tertiary/aromatic N) is 1. The predicted octanol–water partition coefficient (Wildman–Crippen LogP) is 3.32. The summed E-state index contributed by atoms with van der Waals surface area (Å²) in [5.74, 6) is 1.80. The summed E-state index contributed by atoms with van der Waals surface area (Å²) in [7, 11) is 0. The number of amides is 2. The normalized spacial score (nSPS) is 12.8. The smallest absolute Gasteiger partial charge is 0.319 e. The van der Waals surface area contributed by atoms with Gasteiger partial charge in [-0.3, -0.25) is 0 Å². The van der Waals surface area contributed by atoms with Crippen molar-refractivity contribution in [3.8, 4) is 0 Å². The van der Waals surface area contributed by atoms with Gasteiger partial charge in [0.15, 0.2) is 5.96 Å². The lowest BCUT2D eigenvalue weighted by Gasteiger charge is -2.20. The first-order valence-corrected chi connectivity index (χ1v) is 10.6. The Kier molecular flexibility index (Phi) is 11.8. The van der Waals surface area contributed by atoms with Gasteiger partial charge < -0.3 is 26.4 Å². The van der Waals surface area contributed by atoms with Crippen LogP contribution >= 0.6 is 0 Å².